The highest BCUT2D eigenvalue weighted by molar-refractivity contribution is 14.0. The number of likely N-dealkylation sites (tertiary alicyclic amines) is 1. The van der Waals surface area contributed by atoms with E-state index in [1.807, 2.05) is 6.92 Å². The molecule has 1 aromatic carbocycles. The zero-order valence-electron chi connectivity index (χ0n) is 18.4. The van der Waals surface area contributed by atoms with Gasteiger partial charge in [0.1, 0.15) is 0 Å². The van der Waals surface area contributed by atoms with Crippen molar-refractivity contribution in [1.82, 2.24) is 20.9 Å². The molecule has 1 aliphatic carbocycles. The van der Waals surface area contributed by atoms with E-state index in [1.165, 1.54) is 0 Å². The average molecular weight is 567 g/mol. The maximum Gasteiger partial charge on any atom is 0.416 e. The third kappa shape index (κ3) is 9.13. The van der Waals surface area contributed by atoms with Gasteiger partial charge in [0.2, 0.25) is 5.91 Å². The van der Waals surface area contributed by atoms with E-state index in [2.05, 4.69) is 25.8 Å². The lowest BCUT2D eigenvalue weighted by Gasteiger charge is -2.19. The molecule has 1 heterocycles. The Morgan fingerprint density at radius 2 is 1.84 bits per heavy atom. The number of guanidine groups is 1. The Morgan fingerprint density at radius 1 is 1.12 bits per heavy atom. The number of hydrogen-bond donors (Lipinski definition) is 3. The molecule has 0 aromatic heterocycles. The average Bonchev–Trinajstić information content (AvgIpc) is 3.42. The Balaban J connectivity index is 0.00000363. The van der Waals surface area contributed by atoms with E-state index in [1.54, 1.807) is 12.1 Å². The first-order valence-corrected chi connectivity index (χ1v) is 11.1. The summed E-state index contributed by atoms with van der Waals surface area (Å²) < 4.78 is 38.1. The quantitative estimate of drug-likeness (QED) is 0.185. The Bertz CT molecular complexity index is 753. The molecule has 32 heavy (non-hydrogen) atoms. The number of carbonyl (C=O) groups is 1. The summed E-state index contributed by atoms with van der Waals surface area (Å²) in [6.07, 6.45) is 0.0218. The minimum absolute atomic E-state index is 0. The van der Waals surface area contributed by atoms with Crippen LogP contribution in [0.4, 0.5) is 13.2 Å². The largest absolute Gasteiger partial charge is 0.416 e. The van der Waals surface area contributed by atoms with Gasteiger partial charge < -0.3 is 16.0 Å². The van der Waals surface area contributed by atoms with Gasteiger partial charge in [0, 0.05) is 51.2 Å². The zero-order valence-corrected chi connectivity index (χ0v) is 20.7. The summed E-state index contributed by atoms with van der Waals surface area (Å²) in [5, 5.41) is 9.66. The van der Waals surface area contributed by atoms with Crippen molar-refractivity contribution in [2.75, 3.05) is 26.2 Å². The summed E-state index contributed by atoms with van der Waals surface area (Å²) in [6.45, 7) is 5.63. The van der Waals surface area contributed by atoms with Crippen LogP contribution >= 0.6 is 24.0 Å². The molecule has 6 nitrogen and oxygen atoms in total. The lowest BCUT2D eigenvalue weighted by molar-refractivity contribution is -0.137. The van der Waals surface area contributed by atoms with E-state index in [4.69, 9.17) is 0 Å². The molecular weight excluding hydrogens is 534 g/mol. The van der Waals surface area contributed by atoms with E-state index in [-0.39, 0.29) is 35.9 Å². The van der Waals surface area contributed by atoms with Gasteiger partial charge in [0.15, 0.2) is 5.96 Å². The second kappa shape index (κ2) is 12.6. The maximum atomic E-state index is 12.7. The van der Waals surface area contributed by atoms with Crippen LogP contribution in [0, 0.1) is 0 Å². The number of carbonyl (C=O) groups excluding carboxylic acids is 1. The molecule has 0 bridgehead atoms. The van der Waals surface area contributed by atoms with Crippen LogP contribution < -0.4 is 16.0 Å². The van der Waals surface area contributed by atoms with Crippen LogP contribution in [0.1, 0.15) is 50.2 Å². The van der Waals surface area contributed by atoms with Crippen molar-refractivity contribution in [1.29, 1.82) is 0 Å². The molecule has 1 saturated heterocycles. The van der Waals surface area contributed by atoms with Crippen LogP contribution in [0.5, 0.6) is 0 Å². The van der Waals surface area contributed by atoms with E-state index in [0.29, 0.717) is 32.0 Å². The number of nitrogens with zero attached hydrogens (tertiary/aromatic N) is 2. The summed E-state index contributed by atoms with van der Waals surface area (Å²) in [5.74, 6) is 0.844. The molecule has 1 unspecified atom stereocenters. The molecule has 1 saturated carbocycles. The molecule has 0 radical (unpaired) electrons. The molecule has 10 heteroatoms. The summed E-state index contributed by atoms with van der Waals surface area (Å²) >= 11 is 0. The van der Waals surface area contributed by atoms with Gasteiger partial charge in [-0.25, -0.2) is 0 Å². The number of benzene rings is 1. The van der Waals surface area contributed by atoms with Crippen molar-refractivity contribution in [3.8, 4) is 0 Å². The minimum atomic E-state index is -4.30. The molecule has 3 rings (SSSR count). The smallest absolute Gasteiger partial charge is 0.357 e. The topological polar surface area (TPSA) is 68.8 Å². The van der Waals surface area contributed by atoms with Crippen molar-refractivity contribution in [2.24, 2.45) is 4.99 Å². The summed E-state index contributed by atoms with van der Waals surface area (Å²) in [7, 11) is 0. The van der Waals surface area contributed by atoms with Crippen molar-refractivity contribution in [3.63, 3.8) is 0 Å². The number of amides is 1. The predicted octanol–water partition coefficient (Wildman–Crippen LogP) is 3.51. The highest BCUT2D eigenvalue weighted by Crippen LogP contribution is 2.29. The Hall–Kier alpha value is -1.56. The van der Waals surface area contributed by atoms with E-state index in [0.717, 1.165) is 62.6 Å². The van der Waals surface area contributed by atoms with Gasteiger partial charge >= 0.3 is 6.18 Å². The van der Waals surface area contributed by atoms with Crippen molar-refractivity contribution < 1.29 is 18.0 Å². The van der Waals surface area contributed by atoms with E-state index in [9.17, 15) is 18.0 Å². The van der Waals surface area contributed by atoms with Gasteiger partial charge in [-0.2, -0.15) is 13.2 Å². The summed E-state index contributed by atoms with van der Waals surface area (Å²) in [6, 6.07) is 6.00. The van der Waals surface area contributed by atoms with Gasteiger partial charge in [-0.15, -0.1) is 24.0 Å². The Labute approximate surface area is 204 Å². The fourth-order valence-electron chi connectivity index (χ4n) is 3.62. The van der Waals surface area contributed by atoms with Gasteiger partial charge in [-0.1, -0.05) is 12.1 Å². The van der Waals surface area contributed by atoms with Crippen LogP contribution in [-0.4, -0.2) is 55.0 Å². The normalized spacial score (nSPS) is 19.4. The van der Waals surface area contributed by atoms with Crippen LogP contribution in [-0.2, 0) is 17.5 Å². The maximum absolute atomic E-state index is 12.7. The van der Waals surface area contributed by atoms with Crippen molar-refractivity contribution in [2.45, 2.75) is 63.8 Å². The number of alkyl halides is 3. The van der Waals surface area contributed by atoms with Gasteiger partial charge in [0.05, 0.1) is 5.56 Å². The SMILES string of the molecule is CCNC(=NCCCC(=O)NC1CC1)NC1CCN(Cc2ccc(C(F)(F)F)cc2)C1.I. The van der Waals surface area contributed by atoms with Gasteiger partial charge in [0.25, 0.3) is 0 Å². The molecule has 3 N–H and O–H groups in total. The fraction of sp³-hybridized carbons (Fsp3) is 0.636. The highest BCUT2D eigenvalue weighted by Gasteiger charge is 2.30. The molecule has 2 aliphatic rings. The number of hydrogen-bond acceptors (Lipinski definition) is 3. The second-order valence-corrected chi connectivity index (χ2v) is 8.27. The second-order valence-electron chi connectivity index (χ2n) is 8.27. The minimum Gasteiger partial charge on any atom is -0.357 e. The van der Waals surface area contributed by atoms with Crippen LogP contribution in [0.25, 0.3) is 0 Å². The Morgan fingerprint density at radius 3 is 2.47 bits per heavy atom. The lowest BCUT2D eigenvalue weighted by atomic mass is 10.1. The summed E-state index contributed by atoms with van der Waals surface area (Å²) in [5.41, 5.74) is 0.257. The standard InChI is InChI=1S/C22H32F3N5O.HI/c1-2-26-21(27-12-3-4-20(31)28-18-9-10-18)29-19-11-13-30(15-19)14-16-5-7-17(8-6-16)22(23,24)25;/h5-8,18-19H,2-4,9-15H2,1H3,(H,28,31)(H2,26,27,29);1H. The molecule has 180 valence electrons. The monoisotopic (exact) mass is 567 g/mol. The molecular formula is C22H33F3IN5O. The predicted molar refractivity (Wildman–Crippen MR) is 130 cm³/mol. The van der Waals surface area contributed by atoms with Crippen molar-refractivity contribution in [3.05, 3.63) is 35.4 Å². The molecule has 1 aliphatic heterocycles. The fourth-order valence-corrected chi connectivity index (χ4v) is 3.62. The molecule has 1 amide bonds. The first-order valence-electron chi connectivity index (χ1n) is 11.1. The number of nitrogens with one attached hydrogen (secondary N) is 3. The van der Waals surface area contributed by atoms with Crippen LogP contribution in [0.3, 0.4) is 0 Å². The van der Waals surface area contributed by atoms with Crippen LogP contribution in [0.15, 0.2) is 29.3 Å². The Kier molecular flexibility index (Phi) is 10.5. The van der Waals surface area contributed by atoms with E-state index < -0.39 is 11.7 Å². The highest BCUT2D eigenvalue weighted by atomic mass is 127. The third-order valence-corrected chi connectivity index (χ3v) is 5.42. The summed E-state index contributed by atoms with van der Waals surface area (Å²) in [4.78, 5) is 18.5. The van der Waals surface area contributed by atoms with E-state index >= 15 is 0 Å². The zero-order chi connectivity index (χ0) is 22.3. The molecule has 2 fully saturated rings. The number of aliphatic imine (C=N–C) groups is 1. The third-order valence-electron chi connectivity index (χ3n) is 5.42. The molecule has 1 atom stereocenters. The first-order chi connectivity index (χ1) is 14.8. The van der Waals surface area contributed by atoms with Crippen LogP contribution in [0.2, 0.25) is 0 Å². The van der Waals surface area contributed by atoms with Crippen molar-refractivity contribution >= 4 is 35.8 Å². The number of halogens is 4. The molecule has 1 aromatic rings. The van der Waals surface area contributed by atoms with Gasteiger partial charge in [-0.05, 0) is 50.3 Å². The van der Waals surface area contributed by atoms with Gasteiger partial charge in [-0.3, -0.25) is 14.7 Å². The lowest BCUT2D eigenvalue weighted by Crippen LogP contribution is -2.44. The first kappa shape index (κ1) is 26.7. The number of rotatable bonds is 9. The molecule has 0 spiro atoms.